The van der Waals surface area contributed by atoms with E-state index in [1.54, 1.807) is 11.3 Å². The molecule has 1 aromatic heterocycles. The van der Waals surface area contributed by atoms with Gasteiger partial charge in [0.2, 0.25) is 0 Å². The first-order valence-corrected chi connectivity index (χ1v) is 6.21. The molecule has 0 aliphatic rings. The number of rotatable bonds is 6. The van der Waals surface area contributed by atoms with Crippen LogP contribution in [0.3, 0.4) is 0 Å². The summed E-state index contributed by atoms with van der Waals surface area (Å²) in [5.41, 5.74) is 1.07. The number of carboxylic acids is 1. The van der Waals surface area contributed by atoms with Crippen LogP contribution >= 0.6 is 11.3 Å². The second-order valence-corrected chi connectivity index (χ2v) is 5.04. The summed E-state index contributed by atoms with van der Waals surface area (Å²) in [5, 5.41) is 9.72. The number of carbonyl (C=O) groups is 1. The summed E-state index contributed by atoms with van der Waals surface area (Å²) in [4.78, 5) is 18.2. The Morgan fingerprint density at radius 1 is 1.50 bits per heavy atom. The van der Waals surface area contributed by atoms with E-state index in [1.165, 1.54) is 4.88 Å². The number of hydrogen-bond acceptors (Lipinski definition) is 4. The Balaban J connectivity index is 2.56. The van der Waals surface area contributed by atoms with Crippen LogP contribution in [0.2, 0.25) is 0 Å². The molecule has 1 aromatic rings. The van der Waals surface area contributed by atoms with Crippen molar-refractivity contribution >= 4 is 17.3 Å². The van der Waals surface area contributed by atoms with E-state index in [1.807, 2.05) is 20.8 Å². The number of aryl methyl sites for hydroxylation is 2. The summed E-state index contributed by atoms with van der Waals surface area (Å²) in [6.07, 6.45) is 0.199. The Labute approximate surface area is 99.9 Å². The molecule has 0 aliphatic carbocycles. The first-order valence-electron chi connectivity index (χ1n) is 5.40. The van der Waals surface area contributed by atoms with E-state index in [0.29, 0.717) is 6.54 Å². The second-order valence-electron chi connectivity index (χ2n) is 3.75. The van der Waals surface area contributed by atoms with Crippen LogP contribution in [0.4, 0.5) is 0 Å². The van der Waals surface area contributed by atoms with Gasteiger partial charge in [0.15, 0.2) is 0 Å². The Hall–Kier alpha value is -0.940. The summed E-state index contributed by atoms with van der Waals surface area (Å²) in [6.45, 7) is 8.32. The average molecular weight is 242 g/mol. The van der Waals surface area contributed by atoms with E-state index in [2.05, 4.69) is 9.88 Å². The molecule has 1 heterocycles. The molecule has 0 aliphatic heterocycles. The lowest BCUT2D eigenvalue weighted by Gasteiger charge is -2.18. The third-order valence-electron chi connectivity index (χ3n) is 2.46. The lowest BCUT2D eigenvalue weighted by Crippen LogP contribution is -2.25. The Kier molecular flexibility index (Phi) is 4.89. The normalized spacial score (nSPS) is 11.0. The minimum absolute atomic E-state index is 0.199. The van der Waals surface area contributed by atoms with E-state index in [9.17, 15) is 4.79 Å². The van der Waals surface area contributed by atoms with Gasteiger partial charge in [-0.15, -0.1) is 11.3 Å². The van der Waals surface area contributed by atoms with Gasteiger partial charge in [-0.1, -0.05) is 6.92 Å². The lowest BCUT2D eigenvalue weighted by molar-refractivity contribution is -0.137. The minimum Gasteiger partial charge on any atom is -0.481 e. The number of thiazole rings is 1. The smallest absolute Gasteiger partial charge is 0.304 e. The molecular formula is C11H18N2O2S. The number of aromatic nitrogens is 1. The second kappa shape index (κ2) is 5.96. The number of nitrogens with zero attached hydrogens (tertiary/aromatic N) is 2. The summed E-state index contributed by atoms with van der Waals surface area (Å²) < 4.78 is 0. The van der Waals surface area contributed by atoms with Crippen molar-refractivity contribution in [2.24, 2.45) is 0 Å². The molecule has 0 spiro atoms. The lowest BCUT2D eigenvalue weighted by atomic mass is 10.3. The summed E-state index contributed by atoms with van der Waals surface area (Å²) in [5.74, 6) is -0.740. The zero-order valence-corrected chi connectivity index (χ0v) is 10.8. The van der Waals surface area contributed by atoms with Crippen molar-refractivity contribution < 1.29 is 9.90 Å². The molecule has 4 nitrogen and oxygen atoms in total. The highest BCUT2D eigenvalue weighted by Gasteiger charge is 2.10. The molecule has 0 saturated heterocycles. The number of aliphatic carboxylic acids is 1. The molecule has 16 heavy (non-hydrogen) atoms. The molecule has 0 unspecified atom stereocenters. The predicted octanol–water partition coefficient (Wildman–Crippen LogP) is 2.06. The maximum Gasteiger partial charge on any atom is 0.304 e. The van der Waals surface area contributed by atoms with Crippen LogP contribution in [0.5, 0.6) is 0 Å². The zero-order chi connectivity index (χ0) is 12.1. The molecule has 0 aromatic carbocycles. The van der Waals surface area contributed by atoms with E-state index in [-0.39, 0.29) is 6.42 Å². The highest BCUT2D eigenvalue weighted by atomic mass is 32.1. The minimum atomic E-state index is -0.740. The van der Waals surface area contributed by atoms with Crippen LogP contribution in [-0.2, 0) is 11.3 Å². The van der Waals surface area contributed by atoms with Crippen molar-refractivity contribution in [2.75, 3.05) is 13.1 Å². The van der Waals surface area contributed by atoms with Crippen molar-refractivity contribution in [1.29, 1.82) is 0 Å². The Morgan fingerprint density at radius 2 is 2.19 bits per heavy atom. The molecule has 0 amide bonds. The summed E-state index contributed by atoms with van der Waals surface area (Å²) >= 11 is 1.69. The van der Waals surface area contributed by atoms with Gasteiger partial charge in [-0.3, -0.25) is 9.69 Å². The zero-order valence-electron chi connectivity index (χ0n) is 9.99. The molecule has 0 atom stereocenters. The monoisotopic (exact) mass is 242 g/mol. The molecule has 1 N–H and O–H groups in total. The van der Waals surface area contributed by atoms with Crippen LogP contribution < -0.4 is 0 Å². The number of hydrogen-bond donors (Lipinski definition) is 1. The Bertz CT molecular complexity index is 363. The fourth-order valence-electron chi connectivity index (χ4n) is 1.53. The fraction of sp³-hybridized carbons (Fsp3) is 0.636. The Morgan fingerprint density at radius 3 is 2.62 bits per heavy atom. The van der Waals surface area contributed by atoms with Crippen molar-refractivity contribution in [3.63, 3.8) is 0 Å². The molecule has 90 valence electrons. The largest absolute Gasteiger partial charge is 0.481 e. The maximum atomic E-state index is 10.5. The van der Waals surface area contributed by atoms with Crippen LogP contribution in [0.1, 0.15) is 28.9 Å². The average Bonchev–Trinajstić information content (AvgIpc) is 2.51. The van der Waals surface area contributed by atoms with E-state index < -0.39 is 5.97 Å². The van der Waals surface area contributed by atoms with Gasteiger partial charge in [-0.05, 0) is 20.4 Å². The van der Waals surface area contributed by atoms with Crippen LogP contribution in [0, 0.1) is 13.8 Å². The molecule has 1 rings (SSSR count). The fourth-order valence-corrected chi connectivity index (χ4v) is 2.51. The number of carboxylic acid groups (broad SMARTS) is 1. The molecule has 0 radical (unpaired) electrons. The van der Waals surface area contributed by atoms with Crippen molar-refractivity contribution in [1.82, 2.24) is 9.88 Å². The van der Waals surface area contributed by atoms with Gasteiger partial charge in [-0.2, -0.15) is 0 Å². The highest BCUT2D eigenvalue weighted by Crippen LogP contribution is 2.19. The first-order chi connectivity index (χ1) is 7.52. The first kappa shape index (κ1) is 13.1. The standard InChI is InChI=1S/C11H18N2O2S/c1-4-13(6-5-11(14)15)7-10-8(2)12-9(3)16-10/h4-7H2,1-3H3,(H,14,15). The highest BCUT2D eigenvalue weighted by molar-refractivity contribution is 7.11. The molecule has 0 bridgehead atoms. The predicted molar refractivity (Wildman–Crippen MR) is 64.8 cm³/mol. The van der Waals surface area contributed by atoms with Gasteiger partial charge >= 0.3 is 5.97 Å². The summed E-state index contributed by atoms with van der Waals surface area (Å²) in [6, 6.07) is 0. The quantitative estimate of drug-likeness (QED) is 0.829. The van der Waals surface area contributed by atoms with E-state index >= 15 is 0 Å². The van der Waals surface area contributed by atoms with Crippen molar-refractivity contribution in [2.45, 2.75) is 33.7 Å². The van der Waals surface area contributed by atoms with Gasteiger partial charge in [0.25, 0.3) is 0 Å². The third-order valence-corrected chi connectivity index (χ3v) is 3.51. The van der Waals surface area contributed by atoms with Crippen LogP contribution in [-0.4, -0.2) is 34.0 Å². The third kappa shape index (κ3) is 3.90. The summed E-state index contributed by atoms with van der Waals surface area (Å²) in [7, 11) is 0. The van der Waals surface area contributed by atoms with Gasteiger partial charge in [0, 0.05) is 18.0 Å². The van der Waals surface area contributed by atoms with Gasteiger partial charge < -0.3 is 5.11 Å². The maximum absolute atomic E-state index is 10.5. The van der Waals surface area contributed by atoms with E-state index in [0.717, 1.165) is 23.8 Å². The van der Waals surface area contributed by atoms with Gasteiger partial charge in [0.05, 0.1) is 17.1 Å². The molecule has 5 heteroatoms. The van der Waals surface area contributed by atoms with Gasteiger partial charge in [-0.25, -0.2) is 4.98 Å². The van der Waals surface area contributed by atoms with Crippen LogP contribution in [0.15, 0.2) is 0 Å². The van der Waals surface area contributed by atoms with Crippen molar-refractivity contribution in [3.05, 3.63) is 15.6 Å². The topological polar surface area (TPSA) is 53.4 Å². The molecule has 0 fully saturated rings. The molecular weight excluding hydrogens is 224 g/mol. The van der Waals surface area contributed by atoms with Crippen molar-refractivity contribution in [3.8, 4) is 0 Å². The SMILES string of the molecule is CCN(CCC(=O)O)Cc1sc(C)nc1C. The molecule has 0 saturated carbocycles. The van der Waals surface area contributed by atoms with Gasteiger partial charge in [0.1, 0.15) is 0 Å². The van der Waals surface area contributed by atoms with Crippen LogP contribution in [0.25, 0.3) is 0 Å². The van der Waals surface area contributed by atoms with E-state index in [4.69, 9.17) is 5.11 Å².